The van der Waals surface area contributed by atoms with Crippen LogP contribution in [0.3, 0.4) is 0 Å². The largest absolute Gasteiger partial charge is 0.352 e. The minimum atomic E-state index is 0.0219. The SMILES string of the molecule is CCC1OCC2C(CO1)C2(Br)Br. The van der Waals surface area contributed by atoms with Crippen molar-refractivity contribution >= 4 is 31.9 Å². The van der Waals surface area contributed by atoms with E-state index in [4.69, 9.17) is 9.47 Å². The lowest BCUT2D eigenvalue weighted by atomic mass is 10.3. The van der Waals surface area contributed by atoms with Crippen LogP contribution >= 0.6 is 31.9 Å². The molecule has 0 amide bonds. The molecule has 1 aliphatic heterocycles. The fourth-order valence-corrected chi connectivity index (χ4v) is 3.16. The molecule has 0 bridgehead atoms. The Morgan fingerprint density at radius 1 is 1.25 bits per heavy atom. The van der Waals surface area contributed by atoms with Crippen LogP contribution in [0, 0.1) is 11.8 Å². The maximum Gasteiger partial charge on any atom is 0.157 e. The number of hydrogen-bond donors (Lipinski definition) is 0. The molecule has 1 heterocycles. The second-order valence-electron chi connectivity index (χ2n) is 3.39. The molecule has 0 aromatic heterocycles. The van der Waals surface area contributed by atoms with Crippen molar-refractivity contribution in [1.82, 2.24) is 0 Å². The van der Waals surface area contributed by atoms with Crippen molar-refractivity contribution in [2.24, 2.45) is 11.8 Å². The predicted octanol–water partition coefficient (Wildman–Crippen LogP) is 2.50. The Kier molecular flexibility index (Phi) is 2.54. The topological polar surface area (TPSA) is 18.5 Å². The first kappa shape index (κ1) is 9.44. The zero-order chi connectivity index (χ0) is 8.77. The Balaban J connectivity index is 1.92. The summed E-state index contributed by atoms with van der Waals surface area (Å²) in [5.41, 5.74) is 0. The van der Waals surface area contributed by atoms with Gasteiger partial charge in [-0.05, 0) is 6.42 Å². The van der Waals surface area contributed by atoms with Gasteiger partial charge >= 0.3 is 0 Å². The molecule has 1 aliphatic carbocycles. The summed E-state index contributed by atoms with van der Waals surface area (Å²) >= 11 is 7.23. The van der Waals surface area contributed by atoms with Crippen LogP contribution in [0.4, 0.5) is 0 Å². The first-order valence-electron chi connectivity index (χ1n) is 4.27. The van der Waals surface area contributed by atoms with Crippen LogP contribution in [0.2, 0.25) is 0 Å². The number of halogens is 2. The molecule has 4 heteroatoms. The number of rotatable bonds is 1. The summed E-state index contributed by atoms with van der Waals surface area (Å²) in [5, 5.41) is 0. The first-order chi connectivity index (χ1) is 5.66. The first-order valence-corrected chi connectivity index (χ1v) is 5.86. The van der Waals surface area contributed by atoms with E-state index in [9.17, 15) is 0 Å². The molecule has 0 N–H and O–H groups in total. The number of fused-ring (bicyclic) bond motifs is 1. The molecule has 2 rings (SSSR count). The van der Waals surface area contributed by atoms with Crippen LogP contribution in [-0.4, -0.2) is 22.7 Å². The molecule has 1 saturated heterocycles. The highest BCUT2D eigenvalue weighted by Gasteiger charge is 2.62. The Morgan fingerprint density at radius 2 is 1.75 bits per heavy atom. The van der Waals surface area contributed by atoms with Crippen molar-refractivity contribution < 1.29 is 9.47 Å². The van der Waals surface area contributed by atoms with Gasteiger partial charge in [-0.3, -0.25) is 0 Å². The lowest BCUT2D eigenvalue weighted by Crippen LogP contribution is -2.18. The number of ether oxygens (including phenoxy) is 2. The van der Waals surface area contributed by atoms with Gasteiger partial charge in [0.15, 0.2) is 6.29 Å². The maximum absolute atomic E-state index is 5.56. The third-order valence-corrected chi connectivity index (χ3v) is 4.97. The molecular formula is C8H12Br2O2. The van der Waals surface area contributed by atoms with Crippen LogP contribution in [0.15, 0.2) is 0 Å². The second-order valence-corrected chi connectivity index (χ2v) is 7.08. The maximum atomic E-state index is 5.56. The molecule has 12 heavy (non-hydrogen) atoms. The highest BCUT2D eigenvalue weighted by atomic mass is 79.9. The second kappa shape index (κ2) is 3.23. The van der Waals surface area contributed by atoms with Crippen molar-refractivity contribution in [2.45, 2.75) is 22.9 Å². The molecule has 0 spiro atoms. The molecular weight excluding hydrogens is 288 g/mol. The van der Waals surface area contributed by atoms with Crippen molar-refractivity contribution in [3.8, 4) is 0 Å². The number of hydrogen-bond acceptors (Lipinski definition) is 2. The fraction of sp³-hybridized carbons (Fsp3) is 1.00. The predicted molar refractivity (Wildman–Crippen MR) is 53.5 cm³/mol. The summed E-state index contributed by atoms with van der Waals surface area (Å²) in [6, 6.07) is 0. The molecule has 1 saturated carbocycles. The van der Waals surface area contributed by atoms with Crippen molar-refractivity contribution in [2.75, 3.05) is 13.2 Å². The highest BCUT2D eigenvalue weighted by Crippen LogP contribution is 2.62. The monoisotopic (exact) mass is 298 g/mol. The van der Waals surface area contributed by atoms with Gasteiger partial charge in [0, 0.05) is 11.8 Å². The van der Waals surface area contributed by atoms with E-state index < -0.39 is 0 Å². The molecule has 2 nitrogen and oxygen atoms in total. The summed E-state index contributed by atoms with van der Waals surface area (Å²) in [7, 11) is 0. The molecule has 70 valence electrons. The van der Waals surface area contributed by atoms with Crippen LogP contribution in [0.25, 0.3) is 0 Å². The molecule has 0 radical (unpaired) electrons. The van der Waals surface area contributed by atoms with E-state index >= 15 is 0 Å². The van der Waals surface area contributed by atoms with Gasteiger partial charge in [0.1, 0.15) is 0 Å². The summed E-state index contributed by atoms with van der Waals surface area (Å²) in [4.78, 5) is 0. The van der Waals surface area contributed by atoms with E-state index in [-0.39, 0.29) is 9.52 Å². The van der Waals surface area contributed by atoms with Gasteiger partial charge in [-0.25, -0.2) is 0 Å². The average molecular weight is 300 g/mol. The van der Waals surface area contributed by atoms with Gasteiger partial charge in [-0.1, -0.05) is 38.8 Å². The van der Waals surface area contributed by atoms with E-state index in [1.807, 2.05) is 0 Å². The van der Waals surface area contributed by atoms with Crippen molar-refractivity contribution in [1.29, 1.82) is 0 Å². The summed E-state index contributed by atoms with van der Waals surface area (Å²) in [5.74, 6) is 1.16. The average Bonchev–Trinajstić information content (AvgIpc) is 2.63. The summed E-state index contributed by atoms with van der Waals surface area (Å²) < 4.78 is 11.2. The van der Waals surface area contributed by atoms with Crippen molar-refractivity contribution in [3.63, 3.8) is 0 Å². The van der Waals surface area contributed by atoms with E-state index in [0.29, 0.717) is 11.8 Å². The van der Waals surface area contributed by atoms with E-state index in [0.717, 1.165) is 19.6 Å². The Morgan fingerprint density at radius 3 is 2.17 bits per heavy atom. The third-order valence-electron chi connectivity index (χ3n) is 2.62. The zero-order valence-corrected chi connectivity index (χ0v) is 10.1. The standard InChI is InChI=1S/C8H12Br2O2/c1-2-7-11-3-5-6(4-12-7)8(5,9)10/h5-7H,2-4H2,1H3. The lowest BCUT2D eigenvalue weighted by Gasteiger charge is -2.15. The van der Waals surface area contributed by atoms with E-state index in [1.165, 1.54) is 0 Å². The normalized spacial score (nSPS) is 44.8. The Hall–Kier alpha value is 0.880. The highest BCUT2D eigenvalue weighted by molar-refractivity contribution is 9.25. The van der Waals surface area contributed by atoms with Crippen molar-refractivity contribution in [3.05, 3.63) is 0 Å². The molecule has 0 aromatic rings. The minimum absolute atomic E-state index is 0.0219. The molecule has 2 aliphatic rings. The van der Waals surface area contributed by atoms with Gasteiger partial charge in [0.25, 0.3) is 0 Å². The Bertz CT molecular complexity index is 168. The Labute approximate surface area is 89.2 Å². The van der Waals surface area contributed by atoms with Gasteiger partial charge in [0.2, 0.25) is 0 Å². The van der Waals surface area contributed by atoms with Gasteiger partial charge in [0.05, 0.1) is 16.4 Å². The van der Waals surface area contributed by atoms with E-state index in [1.54, 1.807) is 0 Å². The zero-order valence-electron chi connectivity index (χ0n) is 6.93. The van der Waals surface area contributed by atoms with Gasteiger partial charge < -0.3 is 9.47 Å². The summed E-state index contributed by atoms with van der Waals surface area (Å²) in [6.45, 7) is 3.69. The van der Waals surface area contributed by atoms with Crippen LogP contribution in [-0.2, 0) is 9.47 Å². The van der Waals surface area contributed by atoms with Crippen LogP contribution < -0.4 is 0 Å². The number of alkyl halides is 2. The molecule has 2 unspecified atom stereocenters. The fourth-order valence-electron chi connectivity index (χ4n) is 1.62. The smallest absolute Gasteiger partial charge is 0.157 e. The van der Waals surface area contributed by atoms with Gasteiger partial charge in [-0.15, -0.1) is 0 Å². The van der Waals surface area contributed by atoms with Crippen LogP contribution in [0.5, 0.6) is 0 Å². The molecule has 2 atom stereocenters. The molecule has 2 fully saturated rings. The third kappa shape index (κ3) is 1.47. The van der Waals surface area contributed by atoms with Crippen LogP contribution in [0.1, 0.15) is 13.3 Å². The van der Waals surface area contributed by atoms with Gasteiger partial charge in [-0.2, -0.15) is 0 Å². The van der Waals surface area contributed by atoms with E-state index in [2.05, 4.69) is 38.8 Å². The minimum Gasteiger partial charge on any atom is -0.352 e. The quantitative estimate of drug-likeness (QED) is 0.693. The summed E-state index contributed by atoms with van der Waals surface area (Å²) in [6.07, 6.45) is 0.963. The molecule has 0 aromatic carbocycles. The lowest BCUT2D eigenvalue weighted by molar-refractivity contribution is -0.134.